The van der Waals surface area contributed by atoms with Gasteiger partial charge in [0.05, 0.1) is 0 Å². The standard InChI is InChI=1S/C14H18N2S/c17-10-16-7-5-11(6-8-16)13-9-15-14-4-2-1-3-12(13)14/h1-4,9,11,15,17H,5-8,10H2. The number of para-hydroxylation sites is 1. The quantitative estimate of drug-likeness (QED) is 0.779. The molecule has 2 nitrogen and oxygen atoms in total. The number of benzene rings is 1. The molecule has 1 aliphatic heterocycles. The van der Waals surface area contributed by atoms with Gasteiger partial charge < -0.3 is 4.98 Å². The third-order valence-corrected chi connectivity index (χ3v) is 4.25. The summed E-state index contributed by atoms with van der Waals surface area (Å²) in [4.78, 5) is 5.79. The van der Waals surface area contributed by atoms with Gasteiger partial charge >= 0.3 is 0 Å². The van der Waals surface area contributed by atoms with Crippen LogP contribution in [0.25, 0.3) is 10.9 Å². The van der Waals surface area contributed by atoms with Crippen molar-refractivity contribution in [1.82, 2.24) is 9.88 Å². The average molecular weight is 246 g/mol. The normalized spacial score (nSPS) is 18.9. The molecule has 1 aromatic carbocycles. The van der Waals surface area contributed by atoms with Crippen molar-refractivity contribution in [3.05, 3.63) is 36.0 Å². The highest BCUT2D eigenvalue weighted by Gasteiger charge is 2.21. The van der Waals surface area contributed by atoms with Gasteiger partial charge in [0.1, 0.15) is 0 Å². The number of aromatic nitrogens is 1. The van der Waals surface area contributed by atoms with Crippen LogP contribution < -0.4 is 0 Å². The largest absolute Gasteiger partial charge is 0.361 e. The number of rotatable bonds is 2. The summed E-state index contributed by atoms with van der Waals surface area (Å²) in [5.74, 6) is 1.60. The Bertz CT molecular complexity index is 498. The molecule has 2 aromatic rings. The highest BCUT2D eigenvalue weighted by molar-refractivity contribution is 7.80. The van der Waals surface area contributed by atoms with Gasteiger partial charge in [-0.2, -0.15) is 12.6 Å². The Balaban J connectivity index is 1.85. The Morgan fingerprint density at radius 2 is 2.00 bits per heavy atom. The van der Waals surface area contributed by atoms with E-state index < -0.39 is 0 Å². The maximum absolute atomic E-state index is 4.35. The van der Waals surface area contributed by atoms with Crippen LogP contribution in [0.4, 0.5) is 0 Å². The van der Waals surface area contributed by atoms with E-state index >= 15 is 0 Å². The molecule has 1 aromatic heterocycles. The van der Waals surface area contributed by atoms with Gasteiger partial charge in [0.15, 0.2) is 0 Å². The van der Waals surface area contributed by atoms with Gasteiger partial charge in [0.2, 0.25) is 0 Å². The molecule has 0 atom stereocenters. The van der Waals surface area contributed by atoms with E-state index in [9.17, 15) is 0 Å². The smallest absolute Gasteiger partial charge is 0.0456 e. The van der Waals surface area contributed by atoms with Crippen molar-refractivity contribution in [2.45, 2.75) is 18.8 Å². The van der Waals surface area contributed by atoms with E-state index in [-0.39, 0.29) is 0 Å². The highest BCUT2D eigenvalue weighted by Crippen LogP contribution is 2.32. The number of hydrogen-bond donors (Lipinski definition) is 2. The van der Waals surface area contributed by atoms with Crippen molar-refractivity contribution in [1.29, 1.82) is 0 Å². The fourth-order valence-corrected chi connectivity index (χ4v) is 3.10. The number of likely N-dealkylation sites (tertiary alicyclic amines) is 1. The number of piperidine rings is 1. The zero-order valence-corrected chi connectivity index (χ0v) is 10.8. The van der Waals surface area contributed by atoms with Crippen LogP contribution in [0, 0.1) is 0 Å². The van der Waals surface area contributed by atoms with Crippen molar-refractivity contribution in [2.75, 3.05) is 19.0 Å². The molecule has 0 saturated carbocycles. The first-order valence-corrected chi connectivity index (χ1v) is 6.91. The first kappa shape index (κ1) is 11.2. The van der Waals surface area contributed by atoms with Crippen LogP contribution in [0.15, 0.2) is 30.5 Å². The number of H-pyrrole nitrogens is 1. The molecule has 1 fully saturated rings. The monoisotopic (exact) mass is 246 g/mol. The van der Waals surface area contributed by atoms with Crippen LogP contribution in [0.2, 0.25) is 0 Å². The van der Waals surface area contributed by atoms with Crippen molar-refractivity contribution in [3.8, 4) is 0 Å². The molecule has 3 rings (SSSR count). The first-order chi connectivity index (χ1) is 8.38. The lowest BCUT2D eigenvalue weighted by molar-refractivity contribution is 0.247. The van der Waals surface area contributed by atoms with E-state index in [2.05, 4.69) is 53.0 Å². The van der Waals surface area contributed by atoms with Crippen molar-refractivity contribution >= 4 is 23.5 Å². The maximum Gasteiger partial charge on any atom is 0.0456 e. The molecule has 90 valence electrons. The van der Waals surface area contributed by atoms with Crippen LogP contribution in [-0.2, 0) is 0 Å². The van der Waals surface area contributed by atoms with Gasteiger partial charge in [-0.15, -0.1) is 0 Å². The predicted octanol–water partition coefficient (Wildman–Crippen LogP) is 3.23. The van der Waals surface area contributed by atoms with E-state index in [0.717, 1.165) is 5.88 Å². The van der Waals surface area contributed by atoms with Crippen molar-refractivity contribution < 1.29 is 0 Å². The molecule has 17 heavy (non-hydrogen) atoms. The fraction of sp³-hybridized carbons (Fsp3) is 0.429. The minimum absolute atomic E-state index is 0.710. The van der Waals surface area contributed by atoms with Gasteiger partial charge in [0, 0.05) is 23.0 Å². The number of aromatic amines is 1. The number of hydrogen-bond acceptors (Lipinski definition) is 2. The molecular formula is C14H18N2S. The molecule has 3 heteroatoms. The van der Waals surface area contributed by atoms with Crippen molar-refractivity contribution in [2.24, 2.45) is 0 Å². The highest BCUT2D eigenvalue weighted by atomic mass is 32.1. The summed E-state index contributed by atoms with van der Waals surface area (Å²) < 4.78 is 0. The van der Waals surface area contributed by atoms with E-state index in [1.54, 1.807) is 0 Å². The van der Waals surface area contributed by atoms with Gasteiger partial charge in [-0.1, -0.05) is 18.2 Å². The molecule has 0 bridgehead atoms. The zero-order chi connectivity index (χ0) is 11.7. The Hall–Kier alpha value is -0.930. The number of thiol groups is 1. The fourth-order valence-electron chi connectivity index (χ4n) is 2.82. The van der Waals surface area contributed by atoms with Crippen molar-refractivity contribution in [3.63, 3.8) is 0 Å². The SMILES string of the molecule is SCN1CCC(c2c[nH]c3ccccc23)CC1. The lowest BCUT2D eigenvalue weighted by Crippen LogP contribution is -2.31. The second-order valence-corrected chi connectivity index (χ2v) is 5.11. The van der Waals surface area contributed by atoms with E-state index in [1.807, 2.05) is 0 Å². The summed E-state index contributed by atoms with van der Waals surface area (Å²) in [6, 6.07) is 8.60. The molecule has 0 radical (unpaired) electrons. The van der Waals surface area contributed by atoms with E-state index in [1.165, 1.54) is 42.4 Å². The van der Waals surface area contributed by atoms with Gasteiger partial charge in [-0.05, 0) is 43.5 Å². The lowest BCUT2D eigenvalue weighted by atomic mass is 9.89. The molecule has 0 unspecified atom stereocenters. The van der Waals surface area contributed by atoms with E-state index in [4.69, 9.17) is 0 Å². The maximum atomic E-state index is 4.35. The Labute approximate surface area is 107 Å². The van der Waals surface area contributed by atoms with Crippen LogP contribution in [0.1, 0.15) is 24.3 Å². The second-order valence-electron chi connectivity index (χ2n) is 4.82. The van der Waals surface area contributed by atoms with Crippen LogP contribution >= 0.6 is 12.6 Å². The molecule has 2 heterocycles. The van der Waals surface area contributed by atoms with Crippen LogP contribution in [-0.4, -0.2) is 28.9 Å². The Morgan fingerprint density at radius 1 is 1.24 bits per heavy atom. The minimum Gasteiger partial charge on any atom is -0.361 e. The molecule has 0 amide bonds. The van der Waals surface area contributed by atoms with Gasteiger partial charge in [-0.25, -0.2) is 0 Å². The summed E-state index contributed by atoms with van der Waals surface area (Å²) in [7, 11) is 0. The van der Waals surface area contributed by atoms with Gasteiger partial charge in [0.25, 0.3) is 0 Å². The number of fused-ring (bicyclic) bond motifs is 1. The summed E-state index contributed by atoms with van der Waals surface area (Å²) in [6.45, 7) is 2.35. The number of nitrogens with one attached hydrogen (secondary N) is 1. The molecule has 1 N–H and O–H groups in total. The lowest BCUT2D eigenvalue weighted by Gasteiger charge is -2.30. The van der Waals surface area contributed by atoms with E-state index in [0.29, 0.717) is 5.92 Å². The summed E-state index contributed by atoms with van der Waals surface area (Å²) in [5, 5.41) is 1.40. The molecule has 1 saturated heterocycles. The zero-order valence-electron chi connectivity index (χ0n) is 9.89. The van der Waals surface area contributed by atoms with Gasteiger partial charge in [-0.3, -0.25) is 4.90 Å². The minimum atomic E-state index is 0.710. The first-order valence-electron chi connectivity index (χ1n) is 6.27. The summed E-state index contributed by atoms with van der Waals surface area (Å²) in [6.07, 6.45) is 4.70. The molecule has 1 aliphatic rings. The third-order valence-electron chi connectivity index (χ3n) is 3.85. The van der Waals surface area contributed by atoms with Crippen LogP contribution in [0.3, 0.4) is 0 Å². The molecule has 0 spiro atoms. The molecular weight excluding hydrogens is 228 g/mol. The number of nitrogens with zero attached hydrogens (tertiary/aromatic N) is 1. The second kappa shape index (κ2) is 4.75. The average Bonchev–Trinajstić information content (AvgIpc) is 2.83. The third kappa shape index (κ3) is 2.09. The summed E-state index contributed by atoms with van der Waals surface area (Å²) >= 11 is 4.35. The predicted molar refractivity (Wildman–Crippen MR) is 75.7 cm³/mol. The Kier molecular flexibility index (Phi) is 3.12. The topological polar surface area (TPSA) is 19.0 Å². The summed E-state index contributed by atoms with van der Waals surface area (Å²) in [5.41, 5.74) is 2.76. The molecule has 0 aliphatic carbocycles. The van der Waals surface area contributed by atoms with Crippen LogP contribution in [0.5, 0.6) is 0 Å². The Morgan fingerprint density at radius 3 is 2.76 bits per heavy atom.